The van der Waals surface area contributed by atoms with E-state index in [1.807, 2.05) is 22.9 Å². The first-order valence-corrected chi connectivity index (χ1v) is 7.50. The van der Waals surface area contributed by atoms with Gasteiger partial charge < -0.3 is 10.1 Å². The SMILES string of the molecule is O=C(NCc1cn(-c2ccsc2)nn1)OCc1ccccn1. The van der Waals surface area contributed by atoms with Gasteiger partial charge in [-0.25, -0.2) is 9.48 Å². The maximum Gasteiger partial charge on any atom is 0.407 e. The Balaban J connectivity index is 1.47. The van der Waals surface area contributed by atoms with Gasteiger partial charge in [-0.2, -0.15) is 11.3 Å². The molecule has 0 atom stereocenters. The highest BCUT2D eigenvalue weighted by atomic mass is 32.1. The van der Waals surface area contributed by atoms with Gasteiger partial charge in [-0.05, 0) is 23.6 Å². The lowest BCUT2D eigenvalue weighted by Crippen LogP contribution is -2.23. The van der Waals surface area contributed by atoms with E-state index < -0.39 is 6.09 Å². The van der Waals surface area contributed by atoms with Gasteiger partial charge in [0.2, 0.25) is 0 Å². The molecular formula is C14H13N5O2S. The molecule has 22 heavy (non-hydrogen) atoms. The van der Waals surface area contributed by atoms with Gasteiger partial charge in [-0.3, -0.25) is 4.98 Å². The molecule has 0 saturated carbocycles. The van der Waals surface area contributed by atoms with E-state index in [1.54, 1.807) is 40.5 Å². The maximum absolute atomic E-state index is 11.6. The number of nitrogens with one attached hydrogen (secondary N) is 1. The average molecular weight is 315 g/mol. The Morgan fingerprint density at radius 1 is 1.32 bits per heavy atom. The lowest BCUT2D eigenvalue weighted by Gasteiger charge is -2.04. The summed E-state index contributed by atoms with van der Waals surface area (Å²) in [5.74, 6) is 0. The fourth-order valence-corrected chi connectivity index (χ4v) is 2.35. The van der Waals surface area contributed by atoms with Gasteiger partial charge in [-0.15, -0.1) is 5.10 Å². The van der Waals surface area contributed by atoms with Crippen molar-refractivity contribution in [3.05, 3.63) is 58.8 Å². The number of aromatic nitrogens is 4. The molecule has 3 heterocycles. The molecule has 3 aromatic rings. The van der Waals surface area contributed by atoms with Crippen LogP contribution in [0.1, 0.15) is 11.4 Å². The summed E-state index contributed by atoms with van der Waals surface area (Å²) in [4.78, 5) is 15.7. The zero-order valence-corrected chi connectivity index (χ0v) is 12.4. The molecule has 3 rings (SSSR count). The second-order valence-corrected chi connectivity index (χ2v) is 5.17. The van der Waals surface area contributed by atoms with Crippen molar-refractivity contribution < 1.29 is 9.53 Å². The van der Waals surface area contributed by atoms with Crippen LogP contribution in [0.5, 0.6) is 0 Å². The van der Waals surface area contributed by atoms with Crippen LogP contribution < -0.4 is 5.32 Å². The first-order chi connectivity index (χ1) is 10.8. The van der Waals surface area contributed by atoms with Crippen LogP contribution in [0, 0.1) is 0 Å². The van der Waals surface area contributed by atoms with E-state index in [0.717, 1.165) is 5.69 Å². The number of alkyl carbamates (subject to hydrolysis) is 1. The molecule has 8 heteroatoms. The van der Waals surface area contributed by atoms with E-state index in [9.17, 15) is 4.79 Å². The first-order valence-electron chi connectivity index (χ1n) is 6.55. The molecule has 0 saturated heterocycles. The molecule has 112 valence electrons. The minimum absolute atomic E-state index is 0.133. The Labute approximate surface area is 130 Å². The topological polar surface area (TPSA) is 81.9 Å². The molecule has 3 aromatic heterocycles. The van der Waals surface area contributed by atoms with Gasteiger partial charge in [0.1, 0.15) is 12.3 Å². The van der Waals surface area contributed by atoms with Gasteiger partial charge in [-0.1, -0.05) is 11.3 Å². The van der Waals surface area contributed by atoms with Crippen molar-refractivity contribution in [2.45, 2.75) is 13.2 Å². The summed E-state index contributed by atoms with van der Waals surface area (Å²) in [5, 5.41) is 14.6. The number of carbonyl (C=O) groups excluding carboxylic acids is 1. The molecule has 0 aliphatic heterocycles. The third kappa shape index (κ3) is 3.67. The van der Waals surface area contributed by atoms with Crippen molar-refractivity contribution >= 4 is 17.4 Å². The quantitative estimate of drug-likeness (QED) is 0.780. The summed E-state index contributed by atoms with van der Waals surface area (Å²) < 4.78 is 6.72. The van der Waals surface area contributed by atoms with E-state index in [1.165, 1.54) is 0 Å². The maximum atomic E-state index is 11.6. The van der Waals surface area contributed by atoms with Crippen LogP contribution in [0.3, 0.4) is 0 Å². The molecule has 0 aliphatic rings. The van der Waals surface area contributed by atoms with E-state index in [2.05, 4.69) is 20.6 Å². The zero-order valence-electron chi connectivity index (χ0n) is 11.5. The summed E-state index contributed by atoms with van der Waals surface area (Å²) in [6, 6.07) is 7.38. The monoisotopic (exact) mass is 315 g/mol. The molecule has 0 radical (unpaired) electrons. The van der Waals surface area contributed by atoms with Gasteiger partial charge in [0.15, 0.2) is 0 Å². The van der Waals surface area contributed by atoms with E-state index in [-0.39, 0.29) is 13.2 Å². The third-order valence-corrected chi connectivity index (χ3v) is 3.47. The fourth-order valence-electron chi connectivity index (χ4n) is 1.73. The standard InChI is InChI=1S/C14H13N5O2S/c20-14(21-9-11-3-1-2-5-15-11)16-7-12-8-19(18-17-12)13-4-6-22-10-13/h1-6,8,10H,7,9H2,(H,16,20). The van der Waals surface area contributed by atoms with Gasteiger partial charge in [0.05, 0.1) is 24.1 Å². The highest BCUT2D eigenvalue weighted by Crippen LogP contribution is 2.10. The Hall–Kier alpha value is -2.74. The van der Waals surface area contributed by atoms with Gasteiger partial charge in [0, 0.05) is 11.6 Å². The van der Waals surface area contributed by atoms with E-state index in [0.29, 0.717) is 11.4 Å². The Morgan fingerprint density at radius 2 is 2.27 bits per heavy atom. The van der Waals surface area contributed by atoms with Crippen molar-refractivity contribution in [3.8, 4) is 5.69 Å². The van der Waals surface area contributed by atoms with Crippen molar-refractivity contribution in [1.29, 1.82) is 0 Å². The Kier molecular flexibility index (Phi) is 4.40. The van der Waals surface area contributed by atoms with Crippen molar-refractivity contribution in [2.75, 3.05) is 0 Å². The number of rotatable bonds is 5. The normalized spacial score (nSPS) is 10.4. The summed E-state index contributed by atoms with van der Waals surface area (Å²) in [6.45, 7) is 0.388. The molecule has 0 spiro atoms. The lowest BCUT2D eigenvalue weighted by atomic mass is 10.4. The molecule has 0 aromatic carbocycles. The fraction of sp³-hybridized carbons (Fsp3) is 0.143. The predicted octanol–water partition coefficient (Wildman–Crippen LogP) is 2.15. The molecule has 0 aliphatic carbocycles. The Bertz CT molecular complexity index is 727. The average Bonchev–Trinajstić information content (AvgIpc) is 3.22. The summed E-state index contributed by atoms with van der Waals surface area (Å²) in [6.07, 6.45) is 2.90. The highest BCUT2D eigenvalue weighted by molar-refractivity contribution is 7.08. The van der Waals surface area contributed by atoms with Crippen LogP contribution in [0.2, 0.25) is 0 Å². The predicted molar refractivity (Wildman–Crippen MR) is 80.5 cm³/mol. The number of hydrogen-bond acceptors (Lipinski definition) is 6. The zero-order chi connectivity index (χ0) is 15.2. The highest BCUT2D eigenvalue weighted by Gasteiger charge is 2.07. The van der Waals surface area contributed by atoms with Gasteiger partial charge in [0.25, 0.3) is 0 Å². The third-order valence-electron chi connectivity index (χ3n) is 2.80. The van der Waals surface area contributed by atoms with Crippen LogP contribution in [-0.2, 0) is 17.9 Å². The Morgan fingerprint density at radius 3 is 3.05 bits per heavy atom. The number of pyridine rings is 1. The minimum Gasteiger partial charge on any atom is -0.443 e. The largest absolute Gasteiger partial charge is 0.443 e. The summed E-state index contributed by atoms with van der Waals surface area (Å²) in [5.41, 5.74) is 2.29. The van der Waals surface area contributed by atoms with Crippen LogP contribution in [0.25, 0.3) is 5.69 Å². The smallest absolute Gasteiger partial charge is 0.407 e. The number of thiophene rings is 1. The van der Waals surface area contributed by atoms with Crippen LogP contribution in [-0.4, -0.2) is 26.1 Å². The molecule has 7 nitrogen and oxygen atoms in total. The van der Waals surface area contributed by atoms with Crippen LogP contribution in [0.15, 0.2) is 47.4 Å². The molecule has 0 fully saturated rings. The van der Waals surface area contributed by atoms with E-state index >= 15 is 0 Å². The number of hydrogen-bond donors (Lipinski definition) is 1. The number of carbonyl (C=O) groups is 1. The lowest BCUT2D eigenvalue weighted by molar-refractivity contribution is 0.137. The van der Waals surface area contributed by atoms with Crippen molar-refractivity contribution in [3.63, 3.8) is 0 Å². The van der Waals surface area contributed by atoms with Gasteiger partial charge >= 0.3 is 6.09 Å². The second-order valence-electron chi connectivity index (χ2n) is 4.39. The minimum atomic E-state index is -0.518. The molecule has 0 unspecified atom stereocenters. The van der Waals surface area contributed by atoms with E-state index in [4.69, 9.17) is 4.74 Å². The second kappa shape index (κ2) is 6.81. The number of amides is 1. The number of nitrogens with zero attached hydrogens (tertiary/aromatic N) is 4. The first kappa shape index (κ1) is 14.2. The number of ether oxygens (including phenoxy) is 1. The van der Waals surface area contributed by atoms with Crippen molar-refractivity contribution in [1.82, 2.24) is 25.3 Å². The molecule has 1 amide bonds. The van der Waals surface area contributed by atoms with Crippen molar-refractivity contribution in [2.24, 2.45) is 0 Å². The summed E-state index contributed by atoms with van der Waals surface area (Å²) >= 11 is 1.58. The van der Waals surface area contributed by atoms with Crippen LogP contribution in [0.4, 0.5) is 4.79 Å². The van der Waals surface area contributed by atoms with Crippen LogP contribution >= 0.6 is 11.3 Å². The molecule has 1 N–H and O–H groups in total. The molecular weight excluding hydrogens is 302 g/mol. The molecule has 0 bridgehead atoms. The summed E-state index contributed by atoms with van der Waals surface area (Å²) in [7, 11) is 0.